The van der Waals surface area contributed by atoms with Crippen LogP contribution in [0.1, 0.15) is 32.1 Å². The minimum Gasteiger partial charge on any atom is -0.497 e. The second-order valence-corrected chi connectivity index (χ2v) is 13.3. The maximum atomic E-state index is 13.3. The largest absolute Gasteiger partial charge is 0.497 e. The summed E-state index contributed by atoms with van der Waals surface area (Å²) in [5.74, 6) is 0.772. The molecule has 0 N–H and O–H groups in total. The summed E-state index contributed by atoms with van der Waals surface area (Å²) in [5, 5.41) is 0. The van der Waals surface area contributed by atoms with Crippen molar-refractivity contribution in [2.45, 2.75) is 49.1 Å². The molecule has 11 heteroatoms. The summed E-state index contributed by atoms with van der Waals surface area (Å²) in [5.41, 5.74) is 0. The number of hydrogen-bond acceptors (Lipinski definition) is 7. The number of benzene rings is 1. The Bertz CT molecular complexity index is 1040. The van der Waals surface area contributed by atoms with Gasteiger partial charge >= 0.3 is 0 Å². The molecule has 0 spiro atoms. The summed E-state index contributed by atoms with van der Waals surface area (Å²) in [7, 11) is -5.15. The molecule has 184 valence electrons. The van der Waals surface area contributed by atoms with E-state index in [0.29, 0.717) is 38.3 Å². The van der Waals surface area contributed by atoms with Crippen LogP contribution in [0.15, 0.2) is 29.2 Å². The molecule has 2 saturated heterocycles. The van der Waals surface area contributed by atoms with Crippen LogP contribution in [0, 0.1) is 0 Å². The van der Waals surface area contributed by atoms with Gasteiger partial charge in [-0.05, 0) is 43.5 Å². The highest BCUT2D eigenvalue weighted by molar-refractivity contribution is 7.91. The summed E-state index contributed by atoms with van der Waals surface area (Å²) in [6.07, 6.45) is 4.50. The van der Waals surface area contributed by atoms with Crippen molar-refractivity contribution in [3.63, 3.8) is 0 Å². The number of hydrogen-bond donors (Lipinski definition) is 0. The zero-order valence-electron chi connectivity index (χ0n) is 19.1. The monoisotopic (exact) mass is 499 g/mol. The van der Waals surface area contributed by atoms with Crippen molar-refractivity contribution in [1.29, 1.82) is 0 Å². The standard InChI is InChI=1S/C22H33N3O6S2/c1-31-20-6-8-21(9-7-20)33(29,30)24-13-11-23(12-14-24)16-22(26)25(18-4-2-3-5-18)19-10-15-32(27,28)17-19/h6-9,18-19H,2-5,10-17H2,1H3. The molecule has 1 amide bonds. The van der Waals surface area contributed by atoms with E-state index in [1.165, 1.54) is 11.4 Å². The first-order chi connectivity index (χ1) is 15.7. The predicted octanol–water partition coefficient (Wildman–Crippen LogP) is 0.960. The Kier molecular flexibility index (Phi) is 7.32. The lowest BCUT2D eigenvalue weighted by atomic mass is 10.1. The van der Waals surface area contributed by atoms with Crippen molar-refractivity contribution in [2.75, 3.05) is 51.3 Å². The minimum atomic E-state index is -3.61. The van der Waals surface area contributed by atoms with Gasteiger partial charge in [0, 0.05) is 38.3 Å². The Labute approximate surface area is 196 Å². The van der Waals surface area contributed by atoms with Crippen LogP contribution in [0.25, 0.3) is 0 Å². The summed E-state index contributed by atoms with van der Waals surface area (Å²) in [4.78, 5) is 17.4. The van der Waals surface area contributed by atoms with Crippen molar-refractivity contribution in [3.8, 4) is 5.75 Å². The van der Waals surface area contributed by atoms with Gasteiger partial charge in [-0.2, -0.15) is 4.31 Å². The number of ether oxygens (including phenoxy) is 1. The summed E-state index contributed by atoms with van der Waals surface area (Å²) >= 11 is 0. The lowest BCUT2D eigenvalue weighted by molar-refractivity contribution is -0.137. The number of sulfonamides is 1. The minimum absolute atomic E-state index is 0.0320. The zero-order chi connectivity index (χ0) is 23.6. The fraction of sp³-hybridized carbons (Fsp3) is 0.682. The molecule has 0 aromatic heterocycles. The predicted molar refractivity (Wildman–Crippen MR) is 124 cm³/mol. The van der Waals surface area contributed by atoms with Gasteiger partial charge in [0.1, 0.15) is 5.75 Å². The average molecular weight is 500 g/mol. The maximum absolute atomic E-state index is 13.3. The van der Waals surface area contributed by atoms with Gasteiger partial charge in [0.05, 0.1) is 30.1 Å². The van der Waals surface area contributed by atoms with Crippen LogP contribution >= 0.6 is 0 Å². The van der Waals surface area contributed by atoms with Gasteiger partial charge in [-0.3, -0.25) is 9.69 Å². The number of carbonyl (C=O) groups is 1. The van der Waals surface area contributed by atoms with Crippen LogP contribution in [0.3, 0.4) is 0 Å². The van der Waals surface area contributed by atoms with E-state index in [-0.39, 0.29) is 40.9 Å². The second kappa shape index (κ2) is 9.89. The van der Waals surface area contributed by atoms with Crippen LogP contribution in [-0.2, 0) is 24.7 Å². The number of methoxy groups -OCH3 is 1. The Hall–Kier alpha value is -1.69. The molecule has 3 fully saturated rings. The van der Waals surface area contributed by atoms with Gasteiger partial charge in [-0.15, -0.1) is 0 Å². The lowest BCUT2D eigenvalue weighted by Gasteiger charge is -2.38. The third kappa shape index (κ3) is 5.52. The van der Waals surface area contributed by atoms with E-state index in [2.05, 4.69) is 0 Å². The molecule has 0 bridgehead atoms. The van der Waals surface area contributed by atoms with E-state index < -0.39 is 19.9 Å². The Morgan fingerprint density at radius 1 is 1.03 bits per heavy atom. The van der Waals surface area contributed by atoms with Gasteiger partial charge in [0.25, 0.3) is 0 Å². The average Bonchev–Trinajstić information content (AvgIpc) is 3.44. The van der Waals surface area contributed by atoms with Gasteiger partial charge in [0.2, 0.25) is 15.9 Å². The summed E-state index contributed by atoms with van der Waals surface area (Å²) < 4.78 is 56.6. The molecule has 1 saturated carbocycles. The Morgan fingerprint density at radius 2 is 1.67 bits per heavy atom. The quantitative estimate of drug-likeness (QED) is 0.550. The van der Waals surface area contributed by atoms with Crippen LogP contribution in [0.4, 0.5) is 0 Å². The van der Waals surface area contributed by atoms with Crippen LogP contribution in [0.2, 0.25) is 0 Å². The molecule has 4 rings (SSSR count). The molecule has 0 radical (unpaired) electrons. The summed E-state index contributed by atoms with van der Waals surface area (Å²) in [6.45, 7) is 1.74. The van der Waals surface area contributed by atoms with E-state index in [9.17, 15) is 21.6 Å². The van der Waals surface area contributed by atoms with E-state index in [0.717, 1.165) is 25.7 Å². The molecule has 1 unspecified atom stereocenters. The van der Waals surface area contributed by atoms with Gasteiger partial charge < -0.3 is 9.64 Å². The van der Waals surface area contributed by atoms with Crippen molar-refractivity contribution in [2.24, 2.45) is 0 Å². The normalized spacial score (nSPS) is 24.7. The topological polar surface area (TPSA) is 104 Å². The highest BCUT2D eigenvalue weighted by Gasteiger charge is 2.39. The van der Waals surface area contributed by atoms with E-state index in [4.69, 9.17) is 4.74 Å². The maximum Gasteiger partial charge on any atom is 0.243 e. The lowest BCUT2D eigenvalue weighted by Crippen LogP contribution is -2.54. The van der Waals surface area contributed by atoms with E-state index >= 15 is 0 Å². The molecule has 33 heavy (non-hydrogen) atoms. The van der Waals surface area contributed by atoms with Crippen LogP contribution in [-0.4, -0.2) is 100 Å². The van der Waals surface area contributed by atoms with Crippen LogP contribution < -0.4 is 4.74 Å². The molecular weight excluding hydrogens is 466 g/mol. The van der Waals surface area contributed by atoms with Crippen molar-refractivity contribution >= 4 is 25.8 Å². The highest BCUT2D eigenvalue weighted by Crippen LogP contribution is 2.29. The first-order valence-corrected chi connectivity index (χ1v) is 14.8. The molecule has 2 aliphatic heterocycles. The van der Waals surface area contributed by atoms with Crippen molar-refractivity contribution in [3.05, 3.63) is 24.3 Å². The SMILES string of the molecule is COc1ccc(S(=O)(=O)N2CCN(CC(=O)N(C3CCCC3)C3CCS(=O)(=O)C3)CC2)cc1. The first-order valence-electron chi connectivity index (χ1n) is 11.6. The molecule has 9 nitrogen and oxygen atoms in total. The smallest absolute Gasteiger partial charge is 0.243 e. The number of rotatable bonds is 7. The third-order valence-corrected chi connectivity index (χ3v) is 10.7. The third-order valence-electron chi connectivity index (χ3n) is 7.00. The van der Waals surface area contributed by atoms with Crippen molar-refractivity contribution in [1.82, 2.24) is 14.1 Å². The molecule has 2 heterocycles. The Balaban J connectivity index is 1.37. The molecule has 1 atom stereocenters. The van der Waals surface area contributed by atoms with Gasteiger partial charge in [-0.25, -0.2) is 16.8 Å². The van der Waals surface area contributed by atoms with Gasteiger partial charge in [0.15, 0.2) is 9.84 Å². The molecule has 1 aromatic carbocycles. The van der Waals surface area contributed by atoms with Crippen LogP contribution in [0.5, 0.6) is 5.75 Å². The highest BCUT2D eigenvalue weighted by atomic mass is 32.2. The fourth-order valence-electron chi connectivity index (χ4n) is 5.18. The number of amides is 1. The number of piperazine rings is 1. The molecular formula is C22H33N3O6S2. The number of nitrogens with zero attached hydrogens (tertiary/aromatic N) is 3. The second-order valence-electron chi connectivity index (χ2n) is 9.15. The van der Waals surface area contributed by atoms with E-state index in [1.807, 2.05) is 9.80 Å². The number of sulfone groups is 1. The van der Waals surface area contributed by atoms with Crippen molar-refractivity contribution < 1.29 is 26.4 Å². The zero-order valence-corrected chi connectivity index (χ0v) is 20.7. The first kappa shape index (κ1) is 24.4. The summed E-state index contributed by atoms with van der Waals surface area (Å²) in [6, 6.07) is 6.22. The molecule has 3 aliphatic rings. The number of carbonyl (C=O) groups excluding carboxylic acids is 1. The van der Waals surface area contributed by atoms with Gasteiger partial charge in [-0.1, -0.05) is 12.8 Å². The molecule has 1 aromatic rings. The van der Waals surface area contributed by atoms with E-state index in [1.54, 1.807) is 24.3 Å². The molecule has 1 aliphatic carbocycles. The fourth-order valence-corrected chi connectivity index (χ4v) is 8.31. The Morgan fingerprint density at radius 3 is 2.21 bits per heavy atom.